The lowest BCUT2D eigenvalue weighted by atomic mass is 9.95. The standard InChI is InChI=1S/C15H23ClN4O6/c1-7(2)10(17)12(22)26-11-8(6-21)25-13(15(11,3)24)20-5-4-9(19-16)18-14(20)23/h4-5,7-8,10-11,13,21,24H,6,17H2,1-3H3,(H,18,19,23)/t8-,10+,11-,13-,15-/m1/s1. The summed E-state index contributed by atoms with van der Waals surface area (Å²) in [6.07, 6.45) is -2.20. The van der Waals surface area contributed by atoms with Gasteiger partial charge in [0, 0.05) is 18.0 Å². The predicted octanol–water partition coefficient (Wildman–Crippen LogP) is -0.655. The summed E-state index contributed by atoms with van der Waals surface area (Å²) in [7, 11) is 0. The molecule has 1 fully saturated rings. The lowest BCUT2D eigenvalue weighted by molar-refractivity contribution is -0.166. The summed E-state index contributed by atoms with van der Waals surface area (Å²) in [6.45, 7) is 4.30. The molecule has 1 aliphatic heterocycles. The van der Waals surface area contributed by atoms with Crippen LogP contribution in [-0.4, -0.2) is 56.2 Å². The molecule has 0 radical (unpaired) electrons. The smallest absolute Gasteiger partial charge is 0.351 e. The van der Waals surface area contributed by atoms with E-state index in [1.54, 1.807) is 13.8 Å². The van der Waals surface area contributed by atoms with E-state index in [0.29, 0.717) is 0 Å². The van der Waals surface area contributed by atoms with Crippen molar-refractivity contribution in [2.24, 2.45) is 11.7 Å². The number of aromatic nitrogens is 2. The van der Waals surface area contributed by atoms with Crippen LogP contribution in [0.1, 0.15) is 27.0 Å². The van der Waals surface area contributed by atoms with Crippen molar-refractivity contribution in [3.05, 3.63) is 22.7 Å². The van der Waals surface area contributed by atoms with Crippen molar-refractivity contribution in [1.29, 1.82) is 0 Å². The fourth-order valence-electron chi connectivity index (χ4n) is 2.69. The van der Waals surface area contributed by atoms with E-state index >= 15 is 0 Å². The van der Waals surface area contributed by atoms with E-state index < -0.39 is 48.3 Å². The number of rotatable bonds is 6. The number of anilines is 1. The topological polar surface area (TPSA) is 149 Å². The fraction of sp³-hybridized carbons (Fsp3) is 0.667. The van der Waals surface area contributed by atoms with E-state index in [9.17, 15) is 19.8 Å². The minimum atomic E-state index is -1.82. The van der Waals surface area contributed by atoms with E-state index in [4.69, 9.17) is 27.0 Å². The van der Waals surface area contributed by atoms with Gasteiger partial charge < -0.3 is 25.4 Å². The van der Waals surface area contributed by atoms with Crippen LogP contribution in [0.2, 0.25) is 0 Å². The molecule has 0 spiro atoms. The zero-order valence-corrected chi connectivity index (χ0v) is 15.4. The molecule has 10 nitrogen and oxygen atoms in total. The van der Waals surface area contributed by atoms with Crippen LogP contribution in [0.4, 0.5) is 5.82 Å². The van der Waals surface area contributed by atoms with Gasteiger partial charge >= 0.3 is 11.7 Å². The number of nitrogens with one attached hydrogen (secondary N) is 1. The zero-order chi connectivity index (χ0) is 19.6. The third-order valence-corrected chi connectivity index (χ3v) is 4.50. The summed E-state index contributed by atoms with van der Waals surface area (Å²) >= 11 is 5.40. The molecule has 0 unspecified atom stereocenters. The minimum absolute atomic E-state index is 0.121. The van der Waals surface area contributed by atoms with E-state index in [0.717, 1.165) is 4.57 Å². The molecule has 1 aliphatic rings. The van der Waals surface area contributed by atoms with Crippen molar-refractivity contribution in [3.63, 3.8) is 0 Å². The highest BCUT2D eigenvalue weighted by molar-refractivity contribution is 6.23. The number of nitrogens with zero attached hydrogens (tertiary/aromatic N) is 2. The van der Waals surface area contributed by atoms with Crippen molar-refractivity contribution < 1.29 is 24.5 Å². The number of ether oxygens (including phenoxy) is 2. The molecule has 2 rings (SSSR count). The Morgan fingerprint density at radius 2 is 2.27 bits per heavy atom. The van der Waals surface area contributed by atoms with Gasteiger partial charge in [-0.3, -0.25) is 14.2 Å². The van der Waals surface area contributed by atoms with E-state index in [1.165, 1.54) is 19.2 Å². The second-order valence-electron chi connectivity index (χ2n) is 6.66. The molecule has 0 aromatic carbocycles. The maximum absolute atomic E-state index is 12.2. The van der Waals surface area contributed by atoms with Crippen LogP contribution < -0.4 is 16.3 Å². The number of hydrogen-bond donors (Lipinski definition) is 4. The SMILES string of the molecule is CC(C)[C@H](N)C(=O)O[C@@H]1[C@@H](CO)O[C@@H](n2ccc(NCl)nc2=O)[C@]1(C)O. The lowest BCUT2D eigenvalue weighted by Gasteiger charge is -2.31. The van der Waals surface area contributed by atoms with Crippen molar-refractivity contribution >= 4 is 23.6 Å². The molecule has 1 aromatic rings. The van der Waals surface area contributed by atoms with Crippen LogP contribution in [0.25, 0.3) is 0 Å². The van der Waals surface area contributed by atoms with Crippen LogP contribution in [0.15, 0.2) is 17.1 Å². The van der Waals surface area contributed by atoms with Gasteiger partial charge in [-0.05, 0) is 18.9 Å². The quantitative estimate of drug-likeness (QED) is 0.367. The predicted molar refractivity (Wildman–Crippen MR) is 92.3 cm³/mol. The molecule has 5 atom stereocenters. The highest BCUT2D eigenvalue weighted by Crippen LogP contribution is 2.39. The third-order valence-electron chi connectivity index (χ3n) is 4.31. The highest BCUT2D eigenvalue weighted by atomic mass is 35.5. The molecular formula is C15H23ClN4O6. The molecule has 0 bridgehead atoms. The Bertz CT molecular complexity index is 710. The first kappa shape index (κ1) is 20.6. The summed E-state index contributed by atoms with van der Waals surface area (Å²) in [5.74, 6) is -0.796. The number of aliphatic hydroxyl groups is 2. The molecule has 26 heavy (non-hydrogen) atoms. The van der Waals surface area contributed by atoms with Crippen LogP contribution in [0.3, 0.4) is 0 Å². The summed E-state index contributed by atoms with van der Waals surface area (Å²) < 4.78 is 11.9. The Morgan fingerprint density at radius 3 is 2.77 bits per heavy atom. The molecule has 11 heteroatoms. The van der Waals surface area contributed by atoms with E-state index in [2.05, 4.69) is 9.82 Å². The molecule has 0 aliphatic carbocycles. The number of carbonyl (C=O) groups is 1. The Labute approximate surface area is 155 Å². The monoisotopic (exact) mass is 390 g/mol. The first-order valence-electron chi connectivity index (χ1n) is 8.04. The van der Waals surface area contributed by atoms with Crippen molar-refractivity contribution in [1.82, 2.24) is 9.55 Å². The molecule has 2 heterocycles. The van der Waals surface area contributed by atoms with Gasteiger partial charge in [0.25, 0.3) is 0 Å². The first-order valence-corrected chi connectivity index (χ1v) is 8.41. The molecule has 1 aromatic heterocycles. The molecule has 146 valence electrons. The number of hydrogen-bond acceptors (Lipinski definition) is 9. The maximum Gasteiger partial charge on any atom is 0.351 e. The third kappa shape index (κ3) is 3.84. The number of halogens is 1. The summed E-state index contributed by atoms with van der Waals surface area (Å²) in [6, 6.07) is 0.498. The average molecular weight is 391 g/mol. The van der Waals surface area contributed by atoms with Gasteiger partial charge in [-0.25, -0.2) is 4.79 Å². The summed E-state index contributed by atoms with van der Waals surface area (Å²) in [4.78, 5) is 30.2. The highest BCUT2D eigenvalue weighted by Gasteiger charge is 2.56. The Hall–Kier alpha value is -1.72. The average Bonchev–Trinajstić information content (AvgIpc) is 2.84. The van der Waals surface area contributed by atoms with Gasteiger partial charge in [0.15, 0.2) is 12.3 Å². The van der Waals surface area contributed by atoms with Gasteiger partial charge in [0.2, 0.25) is 0 Å². The van der Waals surface area contributed by atoms with Gasteiger partial charge in [0.05, 0.1) is 6.61 Å². The number of esters is 1. The largest absolute Gasteiger partial charge is 0.455 e. The van der Waals surface area contributed by atoms with Gasteiger partial charge in [-0.15, -0.1) is 0 Å². The van der Waals surface area contributed by atoms with Gasteiger partial charge in [0.1, 0.15) is 23.6 Å². The maximum atomic E-state index is 12.2. The van der Waals surface area contributed by atoms with Gasteiger partial charge in [-0.2, -0.15) is 4.98 Å². The van der Waals surface area contributed by atoms with Crippen LogP contribution in [0.5, 0.6) is 0 Å². The van der Waals surface area contributed by atoms with Gasteiger partial charge in [-0.1, -0.05) is 13.8 Å². The summed E-state index contributed by atoms with van der Waals surface area (Å²) in [5.41, 5.74) is 3.21. The van der Waals surface area contributed by atoms with Crippen molar-refractivity contribution in [2.45, 2.75) is 50.8 Å². The van der Waals surface area contributed by atoms with E-state index in [1.807, 2.05) is 0 Å². The fourth-order valence-corrected chi connectivity index (χ4v) is 2.80. The second kappa shape index (κ2) is 7.89. The molecule has 1 saturated heterocycles. The zero-order valence-electron chi connectivity index (χ0n) is 14.6. The van der Waals surface area contributed by atoms with Crippen LogP contribution in [0, 0.1) is 5.92 Å². The Balaban J connectivity index is 2.32. The van der Waals surface area contributed by atoms with Crippen LogP contribution in [-0.2, 0) is 14.3 Å². The Kier molecular flexibility index (Phi) is 6.25. The lowest BCUT2D eigenvalue weighted by Crippen LogP contribution is -2.51. The van der Waals surface area contributed by atoms with Crippen molar-refractivity contribution in [3.8, 4) is 0 Å². The second-order valence-corrected chi connectivity index (χ2v) is 6.85. The molecule has 0 saturated carbocycles. The van der Waals surface area contributed by atoms with Crippen LogP contribution >= 0.6 is 11.8 Å². The Morgan fingerprint density at radius 1 is 1.62 bits per heavy atom. The molecule has 0 amide bonds. The first-order chi connectivity index (χ1) is 12.1. The van der Waals surface area contributed by atoms with E-state index in [-0.39, 0.29) is 11.7 Å². The minimum Gasteiger partial charge on any atom is -0.455 e. The normalized spacial score (nSPS) is 29.6. The number of nitrogens with two attached hydrogens (primary N) is 1. The van der Waals surface area contributed by atoms with Crippen molar-refractivity contribution in [2.75, 3.05) is 11.4 Å². The number of carbonyl (C=O) groups excluding carboxylic acids is 1. The number of aliphatic hydroxyl groups excluding tert-OH is 1. The summed E-state index contributed by atoms with van der Waals surface area (Å²) in [5, 5.41) is 20.5. The molecule has 5 N–H and O–H groups in total. The molecular weight excluding hydrogens is 368 g/mol.